The minimum absolute atomic E-state index is 0.0145. The molecule has 1 fully saturated rings. The van der Waals surface area contributed by atoms with Gasteiger partial charge in [0.05, 0.1) is 19.1 Å². The van der Waals surface area contributed by atoms with Crippen LogP contribution in [0.4, 0.5) is 13.2 Å². The van der Waals surface area contributed by atoms with Gasteiger partial charge < -0.3 is 10.1 Å². The monoisotopic (exact) mass is 282 g/mol. The normalized spacial score (nSPS) is 23.1. The van der Waals surface area contributed by atoms with Crippen LogP contribution in [-0.4, -0.2) is 56.4 Å². The summed E-state index contributed by atoms with van der Waals surface area (Å²) in [5.41, 5.74) is 0. The van der Waals surface area contributed by atoms with E-state index in [1.807, 2.05) is 0 Å². The summed E-state index contributed by atoms with van der Waals surface area (Å²) in [5, 5.41) is 2.69. The number of carbonyl (C=O) groups is 1. The van der Waals surface area contributed by atoms with E-state index in [1.54, 1.807) is 11.8 Å². The minimum Gasteiger partial charge on any atom is -0.383 e. The van der Waals surface area contributed by atoms with E-state index in [0.29, 0.717) is 19.6 Å². The fourth-order valence-corrected chi connectivity index (χ4v) is 2.28. The lowest BCUT2D eigenvalue weighted by atomic mass is 9.97. The second-order valence-electron chi connectivity index (χ2n) is 5.04. The van der Waals surface area contributed by atoms with Gasteiger partial charge in [0.1, 0.15) is 0 Å². The highest BCUT2D eigenvalue weighted by Gasteiger charge is 2.41. The summed E-state index contributed by atoms with van der Waals surface area (Å²) in [7, 11) is 1.53. The van der Waals surface area contributed by atoms with Crippen molar-refractivity contribution in [2.24, 2.45) is 5.92 Å². The van der Waals surface area contributed by atoms with Crippen molar-refractivity contribution in [1.82, 2.24) is 10.2 Å². The third kappa shape index (κ3) is 5.78. The van der Waals surface area contributed by atoms with Crippen molar-refractivity contribution in [3.63, 3.8) is 0 Å². The number of likely N-dealkylation sites (tertiary alicyclic amines) is 1. The molecule has 0 radical (unpaired) electrons. The molecule has 1 amide bonds. The van der Waals surface area contributed by atoms with Gasteiger partial charge in [0.25, 0.3) is 0 Å². The average molecular weight is 282 g/mol. The Morgan fingerprint density at radius 2 is 2.21 bits per heavy atom. The van der Waals surface area contributed by atoms with Crippen molar-refractivity contribution in [2.45, 2.75) is 32.0 Å². The van der Waals surface area contributed by atoms with Crippen LogP contribution in [0.2, 0.25) is 0 Å². The van der Waals surface area contributed by atoms with Crippen molar-refractivity contribution in [2.75, 3.05) is 33.4 Å². The molecule has 1 rings (SSSR count). The molecular formula is C12H21F3N2O2. The molecule has 0 aromatic carbocycles. The number of hydrogen-bond acceptors (Lipinski definition) is 3. The molecule has 1 aliphatic heterocycles. The zero-order chi connectivity index (χ0) is 14.5. The van der Waals surface area contributed by atoms with Gasteiger partial charge in [-0.2, -0.15) is 13.2 Å². The smallest absolute Gasteiger partial charge is 0.383 e. The lowest BCUT2D eigenvalue weighted by molar-refractivity contribution is -0.187. The van der Waals surface area contributed by atoms with Crippen LogP contribution in [0.5, 0.6) is 0 Å². The lowest BCUT2D eigenvalue weighted by Crippen LogP contribution is -2.47. The van der Waals surface area contributed by atoms with Crippen molar-refractivity contribution < 1.29 is 22.7 Å². The first-order chi connectivity index (χ1) is 8.82. The summed E-state index contributed by atoms with van der Waals surface area (Å²) in [5.74, 6) is -1.57. The quantitative estimate of drug-likeness (QED) is 0.829. The number of nitrogens with one attached hydrogen (secondary N) is 1. The molecule has 0 spiro atoms. The predicted molar refractivity (Wildman–Crippen MR) is 64.7 cm³/mol. The largest absolute Gasteiger partial charge is 0.393 e. The van der Waals surface area contributed by atoms with Crippen LogP contribution in [0, 0.1) is 5.92 Å². The molecule has 1 heterocycles. The zero-order valence-corrected chi connectivity index (χ0v) is 11.3. The number of ether oxygens (including phenoxy) is 1. The molecule has 112 valence electrons. The van der Waals surface area contributed by atoms with E-state index in [4.69, 9.17) is 4.74 Å². The van der Waals surface area contributed by atoms with Crippen LogP contribution in [0.1, 0.15) is 19.8 Å². The van der Waals surface area contributed by atoms with Crippen LogP contribution in [0.25, 0.3) is 0 Å². The van der Waals surface area contributed by atoms with Gasteiger partial charge in [0.2, 0.25) is 5.91 Å². The average Bonchev–Trinajstić information content (AvgIpc) is 2.28. The van der Waals surface area contributed by atoms with Gasteiger partial charge >= 0.3 is 6.18 Å². The fraction of sp³-hybridized carbons (Fsp3) is 0.917. The van der Waals surface area contributed by atoms with E-state index in [0.717, 1.165) is 0 Å². The number of halogens is 3. The molecular weight excluding hydrogens is 261 g/mol. The maximum absolute atomic E-state index is 12.6. The minimum atomic E-state index is -4.17. The Hall–Kier alpha value is -0.820. The van der Waals surface area contributed by atoms with E-state index >= 15 is 0 Å². The van der Waals surface area contributed by atoms with Crippen LogP contribution < -0.4 is 5.32 Å². The summed E-state index contributed by atoms with van der Waals surface area (Å²) >= 11 is 0. The first kappa shape index (κ1) is 16.2. The highest BCUT2D eigenvalue weighted by Crippen LogP contribution is 2.32. The lowest BCUT2D eigenvalue weighted by Gasteiger charge is -2.33. The molecule has 19 heavy (non-hydrogen) atoms. The van der Waals surface area contributed by atoms with Gasteiger partial charge in [0.15, 0.2) is 0 Å². The van der Waals surface area contributed by atoms with Gasteiger partial charge in [-0.25, -0.2) is 0 Å². The maximum atomic E-state index is 12.6. The number of piperidine rings is 1. The molecule has 2 atom stereocenters. The fourth-order valence-electron chi connectivity index (χ4n) is 2.28. The predicted octanol–water partition coefficient (Wildman–Crippen LogP) is 1.41. The third-order valence-corrected chi connectivity index (χ3v) is 3.16. The van der Waals surface area contributed by atoms with Crippen LogP contribution in [-0.2, 0) is 9.53 Å². The molecule has 0 aliphatic carbocycles. The number of nitrogens with zero attached hydrogens (tertiary/aromatic N) is 1. The Bertz CT molecular complexity index is 297. The number of hydrogen-bond donors (Lipinski definition) is 1. The first-order valence-electron chi connectivity index (χ1n) is 6.40. The van der Waals surface area contributed by atoms with Crippen molar-refractivity contribution >= 4 is 5.91 Å². The molecule has 0 saturated carbocycles. The van der Waals surface area contributed by atoms with Crippen molar-refractivity contribution in [3.8, 4) is 0 Å². The Morgan fingerprint density at radius 1 is 1.53 bits per heavy atom. The summed E-state index contributed by atoms with van der Waals surface area (Å²) in [6.45, 7) is 2.64. The van der Waals surface area contributed by atoms with Gasteiger partial charge in [-0.15, -0.1) is 0 Å². The van der Waals surface area contributed by atoms with E-state index < -0.39 is 12.1 Å². The van der Waals surface area contributed by atoms with E-state index in [9.17, 15) is 18.0 Å². The molecule has 7 heteroatoms. The molecule has 0 aromatic heterocycles. The molecule has 4 nitrogen and oxygen atoms in total. The number of carbonyl (C=O) groups excluding carboxylic acids is 1. The third-order valence-electron chi connectivity index (χ3n) is 3.16. The van der Waals surface area contributed by atoms with Gasteiger partial charge in [-0.05, 0) is 26.3 Å². The number of rotatable bonds is 5. The number of methoxy groups -OCH3 is 1. The first-order valence-corrected chi connectivity index (χ1v) is 6.40. The second kappa shape index (κ2) is 7.09. The molecule has 0 aromatic rings. The number of alkyl halides is 3. The summed E-state index contributed by atoms with van der Waals surface area (Å²) < 4.78 is 42.7. The van der Waals surface area contributed by atoms with Gasteiger partial charge in [-0.1, -0.05) is 0 Å². The van der Waals surface area contributed by atoms with Crippen molar-refractivity contribution in [1.29, 1.82) is 0 Å². The Balaban J connectivity index is 2.38. The highest BCUT2D eigenvalue weighted by molar-refractivity contribution is 5.78. The van der Waals surface area contributed by atoms with Crippen LogP contribution >= 0.6 is 0 Å². The summed E-state index contributed by atoms with van der Waals surface area (Å²) in [6.07, 6.45) is -3.54. The highest BCUT2D eigenvalue weighted by atomic mass is 19.4. The zero-order valence-electron chi connectivity index (χ0n) is 11.3. The van der Waals surface area contributed by atoms with Crippen LogP contribution in [0.3, 0.4) is 0 Å². The van der Waals surface area contributed by atoms with Gasteiger partial charge in [0, 0.05) is 19.7 Å². The topological polar surface area (TPSA) is 41.6 Å². The summed E-state index contributed by atoms with van der Waals surface area (Å²) in [6, 6.07) is -0.138. The van der Waals surface area contributed by atoms with Crippen molar-refractivity contribution in [3.05, 3.63) is 0 Å². The number of amides is 1. The Labute approximate surface area is 111 Å². The molecule has 1 N–H and O–H groups in total. The van der Waals surface area contributed by atoms with E-state index in [1.165, 1.54) is 7.11 Å². The Kier molecular flexibility index (Phi) is 6.06. The summed E-state index contributed by atoms with van der Waals surface area (Å²) in [4.78, 5) is 13.2. The second-order valence-corrected chi connectivity index (χ2v) is 5.04. The SMILES string of the molecule is COC[C@@H](C)NC(=O)CN1CCC[C@H](C(F)(F)F)C1. The van der Waals surface area contributed by atoms with Crippen LogP contribution in [0.15, 0.2) is 0 Å². The molecule has 1 saturated heterocycles. The molecule has 0 unspecified atom stereocenters. The standard InChI is InChI=1S/C12H21F3N2O2/c1-9(8-19-2)16-11(18)7-17-5-3-4-10(6-17)12(13,14)15/h9-10H,3-8H2,1-2H3,(H,16,18)/t9-,10+/m1/s1. The molecule has 0 bridgehead atoms. The Morgan fingerprint density at radius 3 is 2.79 bits per heavy atom. The maximum Gasteiger partial charge on any atom is 0.393 e. The molecule has 1 aliphatic rings. The van der Waals surface area contributed by atoms with E-state index in [-0.39, 0.29) is 31.5 Å². The van der Waals surface area contributed by atoms with Gasteiger partial charge in [-0.3, -0.25) is 9.69 Å². The van der Waals surface area contributed by atoms with E-state index in [2.05, 4.69) is 5.32 Å².